The van der Waals surface area contributed by atoms with Gasteiger partial charge in [0.15, 0.2) is 0 Å². The first-order chi connectivity index (χ1) is 12.1. The number of hydrogen-bond acceptors (Lipinski definition) is 2. The number of H-pyrrole nitrogens is 1. The molecular weight excluding hydrogens is 334 g/mol. The number of hydrogen-bond donors (Lipinski definition) is 2. The lowest BCUT2D eigenvalue weighted by atomic mass is 9.85. The van der Waals surface area contributed by atoms with Gasteiger partial charge in [0.2, 0.25) is 5.91 Å². The average Bonchev–Trinajstić information content (AvgIpc) is 2.99. The smallest absolute Gasteiger partial charge is 0.227 e. The van der Waals surface area contributed by atoms with Gasteiger partial charge in [-0.2, -0.15) is 5.26 Å². The predicted octanol–water partition coefficient (Wildman–Crippen LogP) is 4.44. The summed E-state index contributed by atoms with van der Waals surface area (Å²) in [6.45, 7) is 0. The number of aromatic amines is 1. The van der Waals surface area contributed by atoms with Crippen LogP contribution >= 0.6 is 11.6 Å². The number of amides is 1. The molecule has 0 spiro atoms. The first-order valence-corrected chi connectivity index (χ1v) is 8.62. The van der Waals surface area contributed by atoms with Crippen LogP contribution in [0.25, 0.3) is 10.9 Å². The van der Waals surface area contributed by atoms with Crippen LogP contribution in [0, 0.1) is 17.2 Å². The highest BCUT2D eigenvalue weighted by Gasteiger charge is 2.27. The van der Waals surface area contributed by atoms with E-state index in [1.165, 1.54) is 11.3 Å². The van der Waals surface area contributed by atoms with Gasteiger partial charge in [-0.15, -0.1) is 0 Å². The molecule has 1 amide bonds. The van der Waals surface area contributed by atoms with Crippen molar-refractivity contribution in [3.63, 3.8) is 0 Å². The number of rotatable bonds is 2. The van der Waals surface area contributed by atoms with Crippen LogP contribution < -0.4 is 5.32 Å². The van der Waals surface area contributed by atoms with E-state index in [1.807, 2.05) is 18.2 Å². The highest BCUT2D eigenvalue weighted by molar-refractivity contribution is 6.31. The maximum atomic E-state index is 12.7. The fourth-order valence-corrected chi connectivity index (χ4v) is 3.70. The summed E-state index contributed by atoms with van der Waals surface area (Å²) in [5.74, 6) is -0.0895. The molecule has 1 aliphatic rings. The van der Waals surface area contributed by atoms with Crippen molar-refractivity contribution in [2.45, 2.75) is 19.3 Å². The summed E-state index contributed by atoms with van der Waals surface area (Å²) in [5.41, 5.74) is 4.66. The topological polar surface area (TPSA) is 68.7 Å². The number of nitrogens with zero attached hydrogens (tertiary/aromatic N) is 1. The molecule has 2 N–H and O–H groups in total. The van der Waals surface area contributed by atoms with Crippen LogP contribution in [0.1, 0.15) is 23.2 Å². The van der Waals surface area contributed by atoms with Crippen LogP contribution in [0.15, 0.2) is 42.5 Å². The van der Waals surface area contributed by atoms with E-state index in [2.05, 4.69) is 16.4 Å². The molecule has 1 aromatic heterocycles. The molecule has 5 heteroatoms. The summed E-state index contributed by atoms with van der Waals surface area (Å²) in [7, 11) is 0. The Hall–Kier alpha value is -2.77. The van der Waals surface area contributed by atoms with Gasteiger partial charge in [-0.25, -0.2) is 0 Å². The molecule has 0 aliphatic heterocycles. The Kier molecular flexibility index (Phi) is 3.95. The quantitative estimate of drug-likeness (QED) is 0.718. The summed E-state index contributed by atoms with van der Waals surface area (Å²) in [5, 5.41) is 13.7. The van der Waals surface area contributed by atoms with Crippen molar-refractivity contribution in [3.8, 4) is 6.07 Å². The minimum absolute atomic E-state index is 0.00267. The van der Waals surface area contributed by atoms with Gasteiger partial charge >= 0.3 is 0 Å². The lowest BCUT2D eigenvalue weighted by Gasteiger charge is -2.22. The molecule has 1 heterocycles. The maximum Gasteiger partial charge on any atom is 0.227 e. The van der Waals surface area contributed by atoms with E-state index in [4.69, 9.17) is 16.9 Å². The summed E-state index contributed by atoms with van der Waals surface area (Å²) in [4.78, 5) is 16.1. The Labute approximate surface area is 150 Å². The minimum atomic E-state index is -0.0868. The van der Waals surface area contributed by atoms with Gasteiger partial charge in [-0.3, -0.25) is 4.79 Å². The second kappa shape index (κ2) is 6.27. The fourth-order valence-electron chi connectivity index (χ4n) is 3.52. The number of fused-ring (bicyclic) bond motifs is 3. The van der Waals surface area contributed by atoms with Crippen molar-refractivity contribution < 1.29 is 4.79 Å². The van der Waals surface area contributed by atoms with Crippen LogP contribution in [0.3, 0.4) is 0 Å². The van der Waals surface area contributed by atoms with Gasteiger partial charge in [0.05, 0.1) is 11.6 Å². The zero-order valence-electron chi connectivity index (χ0n) is 13.5. The number of carbonyl (C=O) groups is 1. The molecule has 0 radical (unpaired) electrons. The van der Waals surface area contributed by atoms with E-state index in [0.717, 1.165) is 23.7 Å². The van der Waals surface area contributed by atoms with E-state index in [-0.39, 0.29) is 11.8 Å². The summed E-state index contributed by atoms with van der Waals surface area (Å²) in [6.07, 6.45) is 2.34. The van der Waals surface area contributed by atoms with Crippen LogP contribution in [-0.2, 0) is 17.6 Å². The predicted molar refractivity (Wildman–Crippen MR) is 98.6 cm³/mol. The molecule has 1 aliphatic carbocycles. The molecule has 4 nitrogen and oxygen atoms in total. The molecule has 124 valence electrons. The fraction of sp³-hybridized carbons (Fsp3) is 0.200. The summed E-state index contributed by atoms with van der Waals surface area (Å²) >= 11 is 6.13. The molecule has 0 saturated heterocycles. The van der Waals surface area contributed by atoms with Crippen LogP contribution in [-0.4, -0.2) is 10.9 Å². The number of anilines is 1. The largest absolute Gasteiger partial charge is 0.358 e. The summed E-state index contributed by atoms with van der Waals surface area (Å²) in [6, 6.07) is 14.9. The molecule has 0 saturated carbocycles. The maximum absolute atomic E-state index is 12.7. The number of aryl methyl sites for hydroxylation is 1. The molecule has 0 bridgehead atoms. The summed E-state index contributed by atoms with van der Waals surface area (Å²) < 4.78 is 0. The lowest BCUT2D eigenvalue weighted by molar-refractivity contribution is -0.120. The van der Waals surface area contributed by atoms with E-state index < -0.39 is 0 Å². The Morgan fingerprint density at radius 2 is 2.16 bits per heavy atom. The lowest BCUT2D eigenvalue weighted by Crippen LogP contribution is -2.28. The first kappa shape index (κ1) is 15.7. The van der Waals surface area contributed by atoms with E-state index in [1.54, 1.807) is 24.3 Å². The van der Waals surface area contributed by atoms with Crippen LogP contribution in [0.2, 0.25) is 5.02 Å². The molecule has 0 fully saturated rings. The average molecular weight is 350 g/mol. The van der Waals surface area contributed by atoms with Gasteiger partial charge in [0.25, 0.3) is 0 Å². The number of nitriles is 1. The van der Waals surface area contributed by atoms with Crippen molar-refractivity contribution >= 4 is 34.1 Å². The number of carbonyl (C=O) groups excluding carboxylic acids is 1. The van der Waals surface area contributed by atoms with Crippen molar-refractivity contribution in [2.24, 2.45) is 5.92 Å². The monoisotopic (exact) mass is 349 g/mol. The second-order valence-corrected chi connectivity index (χ2v) is 6.83. The van der Waals surface area contributed by atoms with Crippen molar-refractivity contribution in [1.29, 1.82) is 5.26 Å². The highest BCUT2D eigenvalue weighted by atomic mass is 35.5. The third-order valence-electron chi connectivity index (χ3n) is 4.78. The number of aromatic nitrogens is 1. The van der Waals surface area contributed by atoms with Gasteiger partial charge in [0, 0.05) is 33.2 Å². The zero-order chi connectivity index (χ0) is 17.4. The Balaban J connectivity index is 1.57. The van der Waals surface area contributed by atoms with Crippen molar-refractivity contribution in [1.82, 2.24) is 4.98 Å². The molecule has 3 aromatic rings. The third kappa shape index (κ3) is 2.99. The third-order valence-corrected chi connectivity index (χ3v) is 5.01. The molecule has 2 aromatic carbocycles. The number of halogens is 1. The van der Waals surface area contributed by atoms with E-state index >= 15 is 0 Å². The first-order valence-electron chi connectivity index (χ1n) is 8.24. The number of nitrogens with one attached hydrogen (secondary N) is 2. The van der Waals surface area contributed by atoms with Crippen LogP contribution in [0.5, 0.6) is 0 Å². The highest BCUT2D eigenvalue weighted by Crippen LogP contribution is 2.33. The second-order valence-electron chi connectivity index (χ2n) is 6.39. The van der Waals surface area contributed by atoms with Gasteiger partial charge < -0.3 is 10.3 Å². The van der Waals surface area contributed by atoms with E-state index in [0.29, 0.717) is 22.7 Å². The minimum Gasteiger partial charge on any atom is -0.358 e. The standard InChI is InChI=1S/C20H16ClN3O/c21-14-5-7-19-17(10-14)16-9-13(4-6-18(16)24-19)20(25)23-15-3-1-2-12(8-15)11-22/h1-3,5,7-8,10,13,24H,4,6,9H2,(H,23,25). The van der Waals surface area contributed by atoms with Crippen LogP contribution in [0.4, 0.5) is 5.69 Å². The van der Waals surface area contributed by atoms with E-state index in [9.17, 15) is 4.79 Å². The Morgan fingerprint density at radius 1 is 1.28 bits per heavy atom. The molecule has 1 atom stereocenters. The molecular formula is C20H16ClN3O. The SMILES string of the molecule is N#Cc1cccc(NC(=O)C2CCc3[nH]c4ccc(Cl)cc4c3C2)c1. The number of benzene rings is 2. The molecule has 25 heavy (non-hydrogen) atoms. The molecule has 4 rings (SSSR count). The molecule has 1 unspecified atom stereocenters. The van der Waals surface area contributed by atoms with Crippen molar-refractivity contribution in [3.05, 3.63) is 64.3 Å². The Morgan fingerprint density at radius 3 is 3.00 bits per heavy atom. The van der Waals surface area contributed by atoms with Gasteiger partial charge in [0.1, 0.15) is 0 Å². The zero-order valence-corrected chi connectivity index (χ0v) is 14.2. The van der Waals surface area contributed by atoms with Gasteiger partial charge in [-0.1, -0.05) is 17.7 Å². The van der Waals surface area contributed by atoms with Crippen molar-refractivity contribution in [2.75, 3.05) is 5.32 Å². The van der Waals surface area contributed by atoms with Gasteiger partial charge in [-0.05, 0) is 61.2 Å². The Bertz CT molecular complexity index is 1020. The normalized spacial score (nSPS) is 16.2.